The van der Waals surface area contributed by atoms with Gasteiger partial charge in [-0.2, -0.15) is 0 Å². The van der Waals surface area contributed by atoms with Crippen LogP contribution in [0.3, 0.4) is 0 Å². The van der Waals surface area contributed by atoms with E-state index in [9.17, 15) is 34.5 Å². The van der Waals surface area contributed by atoms with Crippen molar-refractivity contribution in [2.24, 2.45) is 17.3 Å². The first-order chi connectivity index (χ1) is 18.9. The quantitative estimate of drug-likeness (QED) is 0.259. The molecule has 0 radical (unpaired) electrons. The predicted octanol–water partition coefficient (Wildman–Crippen LogP) is 2.62. The zero-order valence-corrected chi connectivity index (χ0v) is 24.5. The number of benzene rings is 1. The fourth-order valence-corrected chi connectivity index (χ4v) is 5.50. The SMILES string of the molecule is CC(=O)OC[C@@H]1O[C@H](Oc2ccc(B3OC(C)(C)C(C)(C)O3)cc2C)[C@@](C)(CC(=O)O)[C@@H](CC(=O)O)[C@H]1CC(=O)O. The van der Waals surface area contributed by atoms with Crippen molar-refractivity contribution in [1.29, 1.82) is 0 Å². The number of ether oxygens (including phenoxy) is 3. The van der Waals surface area contributed by atoms with E-state index in [0.717, 1.165) is 5.46 Å². The Morgan fingerprint density at radius 1 is 0.927 bits per heavy atom. The van der Waals surface area contributed by atoms with E-state index in [1.807, 2.05) is 33.8 Å². The summed E-state index contributed by atoms with van der Waals surface area (Å²) in [5.74, 6) is -5.98. The van der Waals surface area contributed by atoms with E-state index in [4.69, 9.17) is 23.5 Å². The minimum Gasteiger partial charge on any atom is -0.481 e. The molecule has 2 saturated heterocycles. The summed E-state index contributed by atoms with van der Waals surface area (Å²) in [7, 11) is -0.624. The molecule has 41 heavy (non-hydrogen) atoms. The van der Waals surface area contributed by atoms with Crippen molar-refractivity contribution in [2.45, 2.75) is 91.3 Å². The minimum absolute atomic E-state index is 0.337. The van der Waals surface area contributed by atoms with Crippen molar-refractivity contribution in [2.75, 3.05) is 6.61 Å². The molecule has 0 bridgehead atoms. The lowest BCUT2D eigenvalue weighted by molar-refractivity contribution is -0.269. The summed E-state index contributed by atoms with van der Waals surface area (Å²) in [6.45, 7) is 11.9. The van der Waals surface area contributed by atoms with Crippen molar-refractivity contribution in [3.63, 3.8) is 0 Å². The first-order valence-corrected chi connectivity index (χ1v) is 13.4. The normalized spacial score (nSPS) is 28.6. The number of hydrogen-bond donors (Lipinski definition) is 3. The Bertz CT molecular complexity index is 1160. The third-order valence-corrected chi connectivity index (χ3v) is 8.42. The molecule has 2 aliphatic rings. The monoisotopic (exact) mass is 578 g/mol. The van der Waals surface area contributed by atoms with Crippen LogP contribution in [0.25, 0.3) is 0 Å². The van der Waals surface area contributed by atoms with Crippen LogP contribution in [0.15, 0.2) is 18.2 Å². The Balaban J connectivity index is 2.00. The van der Waals surface area contributed by atoms with E-state index in [2.05, 4.69) is 0 Å². The molecule has 226 valence electrons. The second kappa shape index (κ2) is 12.0. The van der Waals surface area contributed by atoms with E-state index < -0.39 is 91.1 Å². The number of carbonyl (C=O) groups excluding carboxylic acids is 1. The summed E-state index contributed by atoms with van der Waals surface area (Å²) >= 11 is 0. The standard InChI is InChI=1S/C28H39BO12/c1-15-10-17(29-40-26(3,4)27(5,6)41-29)8-9-20(15)38-25-28(7,13-24(35)36)19(12-23(33)34)18(11-22(31)32)21(39-25)14-37-16(2)30/h8-10,18-19,21,25H,11-14H2,1-7H3,(H,31,32)(H,33,34)(H,35,36)/t18-,19+,21+,25+,28+/m1/s1. The van der Waals surface area contributed by atoms with Gasteiger partial charge in [-0.05, 0) is 57.6 Å². The number of aryl methyl sites for hydroxylation is 1. The molecule has 0 saturated carbocycles. The van der Waals surface area contributed by atoms with E-state index >= 15 is 0 Å². The molecule has 0 spiro atoms. The van der Waals surface area contributed by atoms with Gasteiger partial charge in [0, 0.05) is 24.7 Å². The van der Waals surface area contributed by atoms with Gasteiger partial charge in [0.05, 0.1) is 30.1 Å². The molecule has 2 aliphatic heterocycles. The van der Waals surface area contributed by atoms with Crippen molar-refractivity contribution >= 4 is 36.5 Å². The molecule has 3 rings (SSSR count). The highest BCUT2D eigenvalue weighted by Gasteiger charge is 2.57. The Kier molecular flexibility index (Phi) is 9.46. The Morgan fingerprint density at radius 3 is 2.00 bits per heavy atom. The van der Waals surface area contributed by atoms with Crippen LogP contribution in [-0.4, -0.2) is 76.5 Å². The summed E-state index contributed by atoms with van der Waals surface area (Å²) in [6.07, 6.45) is -3.99. The zero-order valence-electron chi connectivity index (χ0n) is 24.5. The molecular formula is C28H39BO12. The minimum atomic E-state index is -1.46. The lowest BCUT2D eigenvalue weighted by Crippen LogP contribution is -2.59. The summed E-state index contributed by atoms with van der Waals surface area (Å²) in [6, 6.07) is 5.23. The molecular weight excluding hydrogens is 539 g/mol. The third kappa shape index (κ3) is 7.20. The first kappa shape index (κ1) is 32.4. The highest BCUT2D eigenvalue weighted by atomic mass is 16.7. The summed E-state index contributed by atoms with van der Waals surface area (Å²) < 4.78 is 29.8. The van der Waals surface area contributed by atoms with E-state index in [0.29, 0.717) is 11.3 Å². The van der Waals surface area contributed by atoms with Gasteiger partial charge in [0.25, 0.3) is 0 Å². The molecule has 0 amide bonds. The molecule has 13 heteroatoms. The van der Waals surface area contributed by atoms with E-state index in [-0.39, 0.29) is 6.61 Å². The van der Waals surface area contributed by atoms with Gasteiger partial charge >= 0.3 is 31.0 Å². The van der Waals surface area contributed by atoms with Crippen LogP contribution < -0.4 is 10.2 Å². The van der Waals surface area contributed by atoms with Crippen molar-refractivity contribution in [3.05, 3.63) is 23.8 Å². The Hall–Kier alpha value is -3.16. The van der Waals surface area contributed by atoms with Gasteiger partial charge in [-0.3, -0.25) is 19.2 Å². The predicted molar refractivity (Wildman–Crippen MR) is 145 cm³/mol. The molecule has 12 nitrogen and oxygen atoms in total. The highest BCUT2D eigenvalue weighted by Crippen LogP contribution is 2.50. The maximum Gasteiger partial charge on any atom is 0.494 e. The topological polar surface area (TPSA) is 175 Å². The number of esters is 1. The van der Waals surface area contributed by atoms with Gasteiger partial charge in [-0.25, -0.2) is 0 Å². The van der Waals surface area contributed by atoms with Gasteiger partial charge in [-0.15, -0.1) is 0 Å². The molecule has 2 fully saturated rings. The lowest BCUT2D eigenvalue weighted by Gasteiger charge is -2.52. The van der Waals surface area contributed by atoms with E-state index in [1.54, 1.807) is 19.1 Å². The second-order valence-electron chi connectivity index (χ2n) is 12.1. The second-order valence-corrected chi connectivity index (χ2v) is 12.1. The van der Waals surface area contributed by atoms with Crippen LogP contribution in [0.2, 0.25) is 0 Å². The smallest absolute Gasteiger partial charge is 0.481 e. The van der Waals surface area contributed by atoms with Crippen LogP contribution in [-0.2, 0) is 38.0 Å². The largest absolute Gasteiger partial charge is 0.494 e. The number of aliphatic carboxylic acids is 3. The fraction of sp³-hybridized carbons (Fsp3) is 0.643. The molecule has 1 aromatic carbocycles. The molecule has 0 unspecified atom stereocenters. The van der Waals surface area contributed by atoms with Gasteiger partial charge in [-0.1, -0.05) is 19.1 Å². The number of carboxylic acids is 3. The summed E-state index contributed by atoms with van der Waals surface area (Å²) in [5, 5.41) is 29.1. The molecule has 1 aromatic rings. The van der Waals surface area contributed by atoms with Crippen LogP contribution >= 0.6 is 0 Å². The van der Waals surface area contributed by atoms with E-state index in [1.165, 1.54) is 13.8 Å². The average molecular weight is 578 g/mol. The molecule has 0 aliphatic carbocycles. The average Bonchev–Trinajstić information content (AvgIpc) is 3.04. The van der Waals surface area contributed by atoms with Crippen LogP contribution in [0.4, 0.5) is 0 Å². The van der Waals surface area contributed by atoms with Crippen molar-refractivity contribution < 1.29 is 58.0 Å². The first-order valence-electron chi connectivity index (χ1n) is 13.4. The number of rotatable bonds is 11. The molecule has 2 heterocycles. The number of hydrogen-bond acceptors (Lipinski definition) is 9. The van der Waals surface area contributed by atoms with Crippen LogP contribution in [0, 0.1) is 24.2 Å². The molecule has 5 atom stereocenters. The van der Waals surface area contributed by atoms with Crippen LogP contribution in [0.1, 0.15) is 66.4 Å². The van der Waals surface area contributed by atoms with Gasteiger partial charge < -0.3 is 38.8 Å². The van der Waals surface area contributed by atoms with Gasteiger partial charge in [0.15, 0.2) is 0 Å². The lowest BCUT2D eigenvalue weighted by atomic mass is 9.62. The molecule has 3 N–H and O–H groups in total. The Morgan fingerprint density at radius 2 is 1.51 bits per heavy atom. The van der Waals surface area contributed by atoms with Crippen molar-refractivity contribution in [3.8, 4) is 5.75 Å². The van der Waals surface area contributed by atoms with Gasteiger partial charge in [0.1, 0.15) is 12.4 Å². The zero-order chi connectivity index (χ0) is 30.9. The molecule has 0 aromatic heterocycles. The van der Waals surface area contributed by atoms with Gasteiger partial charge in [0.2, 0.25) is 6.29 Å². The highest BCUT2D eigenvalue weighted by molar-refractivity contribution is 6.62. The fourth-order valence-electron chi connectivity index (χ4n) is 5.50. The number of carboxylic acid groups (broad SMARTS) is 3. The van der Waals surface area contributed by atoms with Crippen LogP contribution in [0.5, 0.6) is 5.75 Å². The number of carbonyl (C=O) groups is 4. The summed E-state index contributed by atoms with van der Waals surface area (Å²) in [4.78, 5) is 47.3. The third-order valence-electron chi connectivity index (χ3n) is 8.42. The Labute approximate surface area is 239 Å². The summed E-state index contributed by atoms with van der Waals surface area (Å²) in [5.41, 5.74) is -1.16. The van der Waals surface area contributed by atoms with Crippen molar-refractivity contribution in [1.82, 2.24) is 0 Å². The maximum atomic E-state index is 12.0. The maximum absolute atomic E-state index is 12.0.